The molecule has 0 aliphatic rings. The first-order valence-corrected chi connectivity index (χ1v) is 6.49. The van der Waals surface area contributed by atoms with Crippen LogP contribution < -0.4 is 10.6 Å². The van der Waals surface area contributed by atoms with Gasteiger partial charge in [-0.3, -0.25) is 10.1 Å². The molecule has 0 saturated heterocycles. The fraction of sp³-hybridized carbons (Fsp3) is 0.167. The SMILES string of the molecule is C=CCNC(=S)NC(=O)c1ccc(C)c(I)c1. The third kappa shape index (κ3) is 4.43. The lowest BCUT2D eigenvalue weighted by Crippen LogP contribution is -2.39. The second-order valence-electron chi connectivity index (χ2n) is 3.42. The Hall–Kier alpha value is -0.950. The van der Waals surface area contributed by atoms with E-state index in [1.165, 1.54) is 0 Å². The van der Waals surface area contributed by atoms with E-state index in [1.54, 1.807) is 12.1 Å². The van der Waals surface area contributed by atoms with Crippen molar-refractivity contribution in [1.82, 2.24) is 10.6 Å². The van der Waals surface area contributed by atoms with Crippen molar-refractivity contribution in [3.05, 3.63) is 45.6 Å². The van der Waals surface area contributed by atoms with Crippen LogP contribution in [0.2, 0.25) is 0 Å². The van der Waals surface area contributed by atoms with E-state index in [0.29, 0.717) is 17.2 Å². The zero-order chi connectivity index (χ0) is 12.8. The van der Waals surface area contributed by atoms with E-state index in [9.17, 15) is 4.79 Å². The van der Waals surface area contributed by atoms with E-state index < -0.39 is 0 Å². The Morgan fingerprint density at radius 2 is 2.29 bits per heavy atom. The highest BCUT2D eigenvalue weighted by Gasteiger charge is 2.08. The van der Waals surface area contributed by atoms with Gasteiger partial charge in [-0.25, -0.2) is 0 Å². The number of benzene rings is 1. The van der Waals surface area contributed by atoms with E-state index in [0.717, 1.165) is 9.13 Å². The van der Waals surface area contributed by atoms with E-state index in [2.05, 4.69) is 39.8 Å². The van der Waals surface area contributed by atoms with Crippen molar-refractivity contribution in [2.45, 2.75) is 6.92 Å². The van der Waals surface area contributed by atoms with E-state index in [1.807, 2.05) is 19.1 Å². The summed E-state index contributed by atoms with van der Waals surface area (Å²) >= 11 is 7.16. The van der Waals surface area contributed by atoms with Gasteiger partial charge in [0.2, 0.25) is 0 Å². The summed E-state index contributed by atoms with van der Waals surface area (Å²) in [5, 5.41) is 5.76. The van der Waals surface area contributed by atoms with Gasteiger partial charge in [0.25, 0.3) is 5.91 Å². The largest absolute Gasteiger partial charge is 0.359 e. The minimum atomic E-state index is -0.204. The van der Waals surface area contributed by atoms with Crippen LogP contribution in [0.5, 0.6) is 0 Å². The summed E-state index contributed by atoms with van der Waals surface area (Å²) in [7, 11) is 0. The number of hydrogen-bond acceptors (Lipinski definition) is 2. The van der Waals surface area contributed by atoms with E-state index >= 15 is 0 Å². The highest BCUT2D eigenvalue weighted by Crippen LogP contribution is 2.13. The molecule has 0 fully saturated rings. The van der Waals surface area contributed by atoms with Gasteiger partial charge < -0.3 is 5.32 Å². The highest BCUT2D eigenvalue weighted by atomic mass is 127. The van der Waals surface area contributed by atoms with Gasteiger partial charge >= 0.3 is 0 Å². The molecule has 1 amide bonds. The second-order valence-corrected chi connectivity index (χ2v) is 4.99. The Morgan fingerprint density at radius 1 is 1.59 bits per heavy atom. The Morgan fingerprint density at radius 3 is 2.88 bits per heavy atom. The molecule has 1 aromatic carbocycles. The summed E-state index contributed by atoms with van der Waals surface area (Å²) in [4.78, 5) is 11.8. The van der Waals surface area contributed by atoms with E-state index in [4.69, 9.17) is 12.2 Å². The topological polar surface area (TPSA) is 41.1 Å². The molecule has 1 aromatic rings. The van der Waals surface area contributed by atoms with Gasteiger partial charge in [-0.1, -0.05) is 12.1 Å². The third-order valence-corrected chi connectivity index (χ3v) is 3.48. The summed E-state index contributed by atoms with van der Waals surface area (Å²) in [5.74, 6) is -0.204. The van der Waals surface area contributed by atoms with Crippen molar-refractivity contribution >= 4 is 45.8 Å². The van der Waals surface area contributed by atoms with Crippen LogP contribution in [0.1, 0.15) is 15.9 Å². The molecule has 0 bridgehead atoms. The van der Waals surface area contributed by atoms with Crippen molar-refractivity contribution in [3.8, 4) is 0 Å². The summed E-state index contributed by atoms with van der Waals surface area (Å²) in [6.07, 6.45) is 1.67. The zero-order valence-electron chi connectivity index (χ0n) is 9.42. The van der Waals surface area contributed by atoms with Crippen LogP contribution in [0, 0.1) is 10.5 Å². The lowest BCUT2D eigenvalue weighted by Gasteiger charge is -2.08. The molecule has 5 heteroatoms. The quantitative estimate of drug-likeness (QED) is 0.494. The fourth-order valence-corrected chi connectivity index (χ4v) is 1.81. The maximum absolute atomic E-state index is 11.8. The van der Waals surface area contributed by atoms with Gasteiger partial charge in [0.1, 0.15) is 0 Å². The molecule has 0 aromatic heterocycles. The van der Waals surface area contributed by atoms with Crippen LogP contribution in [0.15, 0.2) is 30.9 Å². The fourth-order valence-electron chi connectivity index (χ4n) is 1.12. The number of carbonyl (C=O) groups is 1. The highest BCUT2D eigenvalue weighted by molar-refractivity contribution is 14.1. The van der Waals surface area contributed by atoms with Gasteiger partial charge in [0, 0.05) is 15.7 Å². The average molecular weight is 360 g/mol. The lowest BCUT2D eigenvalue weighted by atomic mass is 10.1. The average Bonchev–Trinajstić information content (AvgIpc) is 2.30. The summed E-state index contributed by atoms with van der Waals surface area (Å²) in [6, 6.07) is 5.53. The van der Waals surface area contributed by atoms with E-state index in [-0.39, 0.29) is 5.91 Å². The number of amides is 1. The number of thiocarbonyl (C=S) groups is 1. The first kappa shape index (κ1) is 14.1. The molecule has 3 nitrogen and oxygen atoms in total. The summed E-state index contributed by atoms with van der Waals surface area (Å²) < 4.78 is 1.06. The molecule has 0 saturated carbocycles. The Labute approximate surface area is 120 Å². The monoisotopic (exact) mass is 360 g/mol. The Bertz CT molecular complexity index is 460. The van der Waals surface area contributed by atoms with Crippen molar-refractivity contribution in [2.75, 3.05) is 6.54 Å². The molecule has 0 spiro atoms. The second kappa shape index (κ2) is 6.70. The van der Waals surface area contributed by atoms with Gasteiger partial charge in [-0.05, 0) is 59.4 Å². The summed E-state index contributed by atoms with van der Waals surface area (Å²) in [6.45, 7) is 6.09. The van der Waals surface area contributed by atoms with Crippen LogP contribution in [-0.2, 0) is 0 Å². The molecule has 17 heavy (non-hydrogen) atoms. The standard InChI is InChI=1S/C12H13IN2OS/c1-3-6-14-12(17)15-11(16)9-5-4-8(2)10(13)7-9/h3-5,7H,1,6H2,2H3,(H2,14,15,16,17). The molecule has 0 aliphatic heterocycles. The molecule has 0 heterocycles. The van der Waals surface area contributed by atoms with Crippen molar-refractivity contribution in [1.29, 1.82) is 0 Å². The smallest absolute Gasteiger partial charge is 0.257 e. The predicted octanol–water partition coefficient (Wildman–Crippen LogP) is 2.39. The molecular weight excluding hydrogens is 347 g/mol. The maximum Gasteiger partial charge on any atom is 0.257 e. The van der Waals surface area contributed by atoms with Gasteiger partial charge in [0.15, 0.2) is 5.11 Å². The molecule has 0 aliphatic carbocycles. The minimum absolute atomic E-state index is 0.204. The van der Waals surface area contributed by atoms with Crippen molar-refractivity contribution in [2.24, 2.45) is 0 Å². The Kier molecular flexibility index (Phi) is 5.57. The van der Waals surface area contributed by atoms with Gasteiger partial charge in [0.05, 0.1) is 0 Å². The lowest BCUT2D eigenvalue weighted by molar-refractivity contribution is 0.0976. The molecule has 1 rings (SSSR count). The van der Waals surface area contributed by atoms with Crippen LogP contribution in [0.4, 0.5) is 0 Å². The van der Waals surface area contributed by atoms with Crippen molar-refractivity contribution in [3.63, 3.8) is 0 Å². The number of nitrogens with one attached hydrogen (secondary N) is 2. The van der Waals surface area contributed by atoms with Crippen LogP contribution in [0.3, 0.4) is 0 Å². The van der Waals surface area contributed by atoms with Gasteiger partial charge in [-0.2, -0.15) is 0 Å². The Balaban J connectivity index is 2.66. The van der Waals surface area contributed by atoms with Crippen LogP contribution >= 0.6 is 34.8 Å². The zero-order valence-corrected chi connectivity index (χ0v) is 12.4. The van der Waals surface area contributed by atoms with Crippen molar-refractivity contribution < 1.29 is 4.79 Å². The number of halogens is 1. The normalized spacial score (nSPS) is 9.53. The first-order valence-electron chi connectivity index (χ1n) is 5.01. The predicted molar refractivity (Wildman–Crippen MR) is 82.2 cm³/mol. The molecule has 2 N–H and O–H groups in total. The molecule has 0 radical (unpaired) electrons. The maximum atomic E-state index is 11.8. The molecular formula is C12H13IN2OS. The molecule has 0 atom stereocenters. The number of carbonyl (C=O) groups excluding carboxylic acids is 1. The number of hydrogen-bond donors (Lipinski definition) is 2. The molecule has 90 valence electrons. The van der Waals surface area contributed by atoms with Crippen LogP contribution in [-0.4, -0.2) is 17.6 Å². The number of aryl methyl sites for hydroxylation is 1. The first-order chi connectivity index (χ1) is 8.04. The third-order valence-electron chi connectivity index (χ3n) is 2.07. The minimum Gasteiger partial charge on any atom is -0.359 e. The number of rotatable bonds is 3. The molecule has 0 unspecified atom stereocenters. The summed E-state index contributed by atoms with van der Waals surface area (Å²) in [5.41, 5.74) is 1.75. The van der Waals surface area contributed by atoms with Gasteiger partial charge in [-0.15, -0.1) is 6.58 Å². The van der Waals surface area contributed by atoms with Crippen LogP contribution in [0.25, 0.3) is 0 Å².